The molecule has 0 amide bonds. The van der Waals surface area contributed by atoms with Crippen LogP contribution in [0.4, 0.5) is 0 Å². The average Bonchev–Trinajstić information content (AvgIpc) is 2.43. The summed E-state index contributed by atoms with van der Waals surface area (Å²) >= 11 is 5.55. The van der Waals surface area contributed by atoms with E-state index in [1.54, 1.807) is 31.2 Å². The Bertz CT molecular complexity index is 412. The number of halogens is 1. The number of methoxy groups -OCH3 is 1. The van der Waals surface area contributed by atoms with Crippen LogP contribution in [0.25, 0.3) is 0 Å². The smallest absolute Gasteiger partial charge is 0.312 e. The molecule has 0 saturated carbocycles. The first-order valence-electron chi connectivity index (χ1n) is 5.87. The summed E-state index contributed by atoms with van der Waals surface area (Å²) < 4.78 is 4.68. The molecule has 0 bridgehead atoms. The Hall–Kier alpha value is -1.35. The minimum atomic E-state index is -0.318. The number of rotatable bonds is 6. The van der Waals surface area contributed by atoms with Gasteiger partial charge in [-0.1, -0.05) is 24.3 Å². The molecule has 18 heavy (non-hydrogen) atoms. The minimum Gasteiger partial charge on any atom is -0.469 e. The van der Waals surface area contributed by atoms with Crippen molar-refractivity contribution in [3.05, 3.63) is 35.4 Å². The Kier molecular flexibility index (Phi) is 5.86. The van der Waals surface area contributed by atoms with E-state index in [-0.39, 0.29) is 17.7 Å². The molecule has 1 rings (SSSR count). The lowest BCUT2D eigenvalue weighted by molar-refractivity contribution is -0.141. The molecule has 3 nitrogen and oxygen atoms in total. The third-order valence-electron chi connectivity index (χ3n) is 2.82. The number of ketones is 1. The predicted molar refractivity (Wildman–Crippen MR) is 71.2 cm³/mol. The van der Waals surface area contributed by atoms with Crippen molar-refractivity contribution in [2.24, 2.45) is 0 Å². The summed E-state index contributed by atoms with van der Waals surface area (Å²) in [4.78, 5) is 23.1. The molecule has 1 aromatic rings. The van der Waals surface area contributed by atoms with Crippen molar-refractivity contribution < 1.29 is 14.3 Å². The molecule has 1 unspecified atom stereocenters. The molecule has 1 atom stereocenters. The van der Waals surface area contributed by atoms with Gasteiger partial charge in [-0.15, -0.1) is 11.6 Å². The van der Waals surface area contributed by atoms with Gasteiger partial charge in [0.2, 0.25) is 0 Å². The second-order valence-electron chi connectivity index (χ2n) is 4.08. The van der Waals surface area contributed by atoms with Crippen molar-refractivity contribution in [2.45, 2.75) is 25.7 Å². The molecular formula is C14H17ClO3. The van der Waals surface area contributed by atoms with E-state index in [9.17, 15) is 9.59 Å². The Morgan fingerprint density at radius 1 is 1.28 bits per heavy atom. The largest absolute Gasteiger partial charge is 0.469 e. The van der Waals surface area contributed by atoms with E-state index < -0.39 is 0 Å². The Labute approximate surface area is 112 Å². The SMILES string of the molecule is COC(=O)C(C)c1ccc(C(=O)CCCCl)cc1. The molecule has 0 aliphatic rings. The number of esters is 1. The molecule has 0 aliphatic heterocycles. The van der Waals surface area contributed by atoms with Crippen molar-refractivity contribution in [2.75, 3.05) is 13.0 Å². The molecule has 0 heterocycles. The van der Waals surface area contributed by atoms with Crippen LogP contribution < -0.4 is 0 Å². The topological polar surface area (TPSA) is 43.4 Å². The highest BCUT2D eigenvalue weighted by atomic mass is 35.5. The molecule has 0 radical (unpaired) electrons. The fourth-order valence-corrected chi connectivity index (χ4v) is 1.78. The van der Waals surface area contributed by atoms with Crippen LogP contribution >= 0.6 is 11.6 Å². The van der Waals surface area contributed by atoms with E-state index in [0.717, 1.165) is 5.56 Å². The molecule has 98 valence electrons. The van der Waals surface area contributed by atoms with Crippen LogP contribution in [0.2, 0.25) is 0 Å². The fourth-order valence-electron chi connectivity index (χ4n) is 1.64. The van der Waals surface area contributed by atoms with Crippen molar-refractivity contribution >= 4 is 23.4 Å². The number of ether oxygens (including phenoxy) is 1. The molecule has 0 spiro atoms. The van der Waals surface area contributed by atoms with Crippen LogP contribution in [0.15, 0.2) is 24.3 Å². The van der Waals surface area contributed by atoms with Gasteiger partial charge in [-0.05, 0) is 18.9 Å². The van der Waals surface area contributed by atoms with Gasteiger partial charge in [0.15, 0.2) is 5.78 Å². The predicted octanol–water partition coefficient (Wildman–Crippen LogP) is 3.16. The van der Waals surface area contributed by atoms with E-state index >= 15 is 0 Å². The lowest BCUT2D eigenvalue weighted by Crippen LogP contribution is -2.11. The lowest BCUT2D eigenvalue weighted by Gasteiger charge is -2.09. The summed E-state index contributed by atoms with van der Waals surface area (Å²) in [5.74, 6) is -0.0328. The van der Waals surface area contributed by atoms with Crippen molar-refractivity contribution in [3.8, 4) is 0 Å². The Morgan fingerprint density at radius 3 is 2.39 bits per heavy atom. The molecule has 0 aromatic heterocycles. The quantitative estimate of drug-likeness (QED) is 0.452. The summed E-state index contributed by atoms with van der Waals surface area (Å²) in [5, 5.41) is 0. The molecular weight excluding hydrogens is 252 g/mol. The van der Waals surface area contributed by atoms with E-state index in [4.69, 9.17) is 11.6 Å². The third kappa shape index (κ3) is 3.84. The van der Waals surface area contributed by atoms with E-state index in [0.29, 0.717) is 24.3 Å². The first-order valence-corrected chi connectivity index (χ1v) is 6.40. The zero-order valence-corrected chi connectivity index (χ0v) is 11.4. The van der Waals surface area contributed by atoms with Gasteiger partial charge in [0.25, 0.3) is 0 Å². The van der Waals surface area contributed by atoms with E-state index in [1.165, 1.54) is 7.11 Å². The Morgan fingerprint density at radius 2 is 1.89 bits per heavy atom. The summed E-state index contributed by atoms with van der Waals surface area (Å²) in [5.41, 5.74) is 1.50. The zero-order valence-electron chi connectivity index (χ0n) is 10.6. The first kappa shape index (κ1) is 14.7. The maximum absolute atomic E-state index is 11.7. The maximum Gasteiger partial charge on any atom is 0.312 e. The number of benzene rings is 1. The molecule has 1 aromatic carbocycles. The molecule has 0 aliphatic carbocycles. The normalized spacial score (nSPS) is 11.9. The summed E-state index contributed by atoms with van der Waals surface area (Å²) in [7, 11) is 1.36. The highest BCUT2D eigenvalue weighted by Crippen LogP contribution is 2.18. The summed E-state index contributed by atoms with van der Waals surface area (Å²) in [6.07, 6.45) is 1.14. The van der Waals surface area contributed by atoms with Crippen LogP contribution in [0.5, 0.6) is 0 Å². The highest BCUT2D eigenvalue weighted by Gasteiger charge is 2.15. The zero-order chi connectivity index (χ0) is 13.5. The number of alkyl halides is 1. The minimum absolute atomic E-state index is 0.0768. The summed E-state index contributed by atoms with van der Waals surface area (Å²) in [6, 6.07) is 7.06. The second-order valence-corrected chi connectivity index (χ2v) is 4.46. The van der Waals surface area contributed by atoms with E-state index in [1.807, 2.05) is 0 Å². The van der Waals surface area contributed by atoms with Crippen LogP contribution in [0.1, 0.15) is 41.6 Å². The fraction of sp³-hybridized carbons (Fsp3) is 0.429. The van der Waals surface area contributed by atoms with Gasteiger partial charge < -0.3 is 4.74 Å². The van der Waals surface area contributed by atoms with Gasteiger partial charge in [0.1, 0.15) is 0 Å². The van der Waals surface area contributed by atoms with Gasteiger partial charge in [0, 0.05) is 17.9 Å². The van der Waals surface area contributed by atoms with Gasteiger partial charge >= 0.3 is 5.97 Å². The molecule has 0 fully saturated rings. The van der Waals surface area contributed by atoms with Crippen LogP contribution in [0.3, 0.4) is 0 Å². The highest BCUT2D eigenvalue weighted by molar-refractivity contribution is 6.18. The summed E-state index contributed by atoms with van der Waals surface area (Å²) in [6.45, 7) is 1.77. The van der Waals surface area contributed by atoms with Crippen molar-refractivity contribution in [1.82, 2.24) is 0 Å². The number of carbonyl (C=O) groups excluding carboxylic acids is 2. The second kappa shape index (κ2) is 7.17. The average molecular weight is 269 g/mol. The van der Waals surface area contributed by atoms with Gasteiger partial charge in [-0.3, -0.25) is 9.59 Å². The van der Waals surface area contributed by atoms with Crippen molar-refractivity contribution in [3.63, 3.8) is 0 Å². The lowest BCUT2D eigenvalue weighted by atomic mass is 9.98. The number of hydrogen-bond donors (Lipinski definition) is 0. The number of Topliss-reactive ketones (excluding diaryl/α,β-unsaturated/α-hetero) is 1. The first-order chi connectivity index (χ1) is 8.60. The number of carbonyl (C=O) groups is 2. The maximum atomic E-state index is 11.7. The van der Waals surface area contributed by atoms with Crippen molar-refractivity contribution in [1.29, 1.82) is 0 Å². The number of hydrogen-bond acceptors (Lipinski definition) is 3. The molecule has 0 N–H and O–H groups in total. The van der Waals surface area contributed by atoms with E-state index in [2.05, 4.69) is 4.74 Å². The third-order valence-corrected chi connectivity index (χ3v) is 3.09. The van der Waals surface area contributed by atoms with Gasteiger partial charge in [-0.25, -0.2) is 0 Å². The van der Waals surface area contributed by atoms with Crippen LogP contribution in [-0.4, -0.2) is 24.7 Å². The standard InChI is InChI=1S/C14H17ClO3/c1-10(14(17)18-2)11-5-7-12(8-6-11)13(16)4-3-9-15/h5-8,10H,3-4,9H2,1-2H3. The Balaban J connectivity index is 2.73. The van der Waals surface area contributed by atoms with Crippen LogP contribution in [-0.2, 0) is 9.53 Å². The van der Waals surface area contributed by atoms with Crippen LogP contribution in [0, 0.1) is 0 Å². The van der Waals surface area contributed by atoms with Gasteiger partial charge in [-0.2, -0.15) is 0 Å². The monoisotopic (exact) mass is 268 g/mol. The molecule has 0 saturated heterocycles. The molecule has 4 heteroatoms. The van der Waals surface area contributed by atoms with Gasteiger partial charge in [0.05, 0.1) is 13.0 Å².